The summed E-state index contributed by atoms with van der Waals surface area (Å²) < 4.78 is 29.7. The number of benzene rings is 21. The smallest absolute Gasteiger partial charge is 0.236 e. The second-order valence-electron chi connectivity index (χ2n) is 38.6. The highest BCUT2D eigenvalue weighted by atomic mass is 32.1. The first-order chi connectivity index (χ1) is 74.4. The molecular weight excluding hydrogens is 1980 g/mol. The summed E-state index contributed by atoms with van der Waals surface area (Å²) >= 11 is 14.5. The number of hydrogen-bond acceptors (Lipinski definition) is 15. The van der Waals surface area contributed by atoms with E-state index in [0.717, 1.165) is 108 Å². The van der Waals surface area contributed by atoms with E-state index < -0.39 is 0 Å². The fraction of sp³-hybridized carbons (Fsp3) is 0. The lowest BCUT2D eigenvalue weighted by Crippen LogP contribution is -2.03. The van der Waals surface area contributed by atoms with Gasteiger partial charge in [0.15, 0.2) is 0 Å². The molecule has 0 amide bonds. The molecule has 0 saturated carbocycles. The van der Waals surface area contributed by atoms with Crippen molar-refractivity contribution in [3.05, 3.63) is 419 Å². The van der Waals surface area contributed by atoms with Crippen LogP contribution >= 0.6 is 90.7 Å². The Bertz CT molecular complexity index is 11900. The van der Waals surface area contributed by atoms with E-state index in [1.807, 2.05) is 68.8 Å². The highest BCUT2D eigenvalue weighted by molar-refractivity contribution is 7.29. The van der Waals surface area contributed by atoms with Crippen molar-refractivity contribution in [3.8, 4) is 51.6 Å². The van der Waals surface area contributed by atoms with Crippen molar-refractivity contribution in [1.29, 1.82) is 0 Å². The largest absolute Gasteiger partial charge is 0.456 e. The molecule has 0 atom stereocenters. The molecule has 0 spiro atoms. The van der Waals surface area contributed by atoms with Gasteiger partial charge < -0.3 is 4.42 Å². The van der Waals surface area contributed by atoms with Crippen LogP contribution in [0.4, 0.5) is 0 Å². The van der Waals surface area contributed by atoms with Crippen LogP contribution in [0.2, 0.25) is 0 Å². The molecule has 21 aromatic carbocycles. The molecule has 0 radical (unpaired) electrons. The van der Waals surface area contributed by atoms with Crippen molar-refractivity contribution in [2.24, 2.45) is 0 Å². The van der Waals surface area contributed by atoms with Gasteiger partial charge in [0.2, 0.25) is 17.8 Å². The zero-order valence-corrected chi connectivity index (χ0v) is 85.6. The predicted molar refractivity (Wildman–Crippen MR) is 648 cm³/mol. The van der Waals surface area contributed by atoms with Crippen LogP contribution in [0.3, 0.4) is 0 Å². The van der Waals surface area contributed by atoms with Crippen LogP contribution in [0.5, 0.6) is 0 Å². The summed E-state index contributed by atoms with van der Waals surface area (Å²) in [5, 5.41) is 36.9. The minimum absolute atomic E-state index is 0.677. The van der Waals surface area contributed by atoms with E-state index in [0.29, 0.717) is 17.8 Å². The summed E-state index contributed by atoms with van der Waals surface area (Å²) in [6.45, 7) is 0. The van der Waals surface area contributed by atoms with Crippen LogP contribution in [-0.2, 0) is 0 Å². The maximum atomic E-state index is 6.23. The van der Waals surface area contributed by atoms with Crippen molar-refractivity contribution >= 4 is 372 Å². The van der Waals surface area contributed by atoms with Crippen LogP contribution in [0.15, 0.2) is 423 Å². The Kier molecular flexibility index (Phi) is 17.9. The molecule has 15 heterocycles. The molecular formula is C132H69N9OS8. The van der Waals surface area contributed by atoms with Gasteiger partial charge in [-0.2, -0.15) is 0 Å². The van der Waals surface area contributed by atoms with Gasteiger partial charge in [-0.25, -0.2) is 29.9 Å². The Labute approximate surface area is 882 Å². The van der Waals surface area contributed by atoms with Crippen LogP contribution in [0.1, 0.15) is 0 Å². The number of rotatable bonds is 6. The Morgan fingerprint density at radius 1 is 0.167 bits per heavy atom. The molecule has 36 aromatic rings. The van der Waals surface area contributed by atoms with Gasteiger partial charge in [0.1, 0.15) is 25.7 Å². The summed E-state index contributed by atoms with van der Waals surface area (Å²) in [6.07, 6.45) is 0. The summed E-state index contributed by atoms with van der Waals surface area (Å²) in [6, 6.07) is 151. The van der Waals surface area contributed by atoms with Gasteiger partial charge >= 0.3 is 0 Å². The van der Waals surface area contributed by atoms with E-state index in [-0.39, 0.29) is 0 Å². The molecule has 0 aliphatic heterocycles. The molecule has 0 unspecified atom stereocenters. The minimum atomic E-state index is 0.677. The van der Waals surface area contributed by atoms with E-state index >= 15 is 0 Å². The first-order valence-electron chi connectivity index (χ1n) is 50.0. The number of para-hydroxylation sites is 4. The van der Waals surface area contributed by atoms with Crippen molar-refractivity contribution in [2.75, 3.05) is 0 Å². The minimum Gasteiger partial charge on any atom is -0.456 e. The number of thiophene rings is 8. The van der Waals surface area contributed by atoms with Gasteiger partial charge in [-0.05, 0) is 135 Å². The normalized spacial score (nSPS) is 12.4. The van der Waals surface area contributed by atoms with E-state index in [2.05, 4.69) is 420 Å². The topological polar surface area (TPSA) is 105 Å². The first-order valence-corrected chi connectivity index (χ1v) is 56.5. The van der Waals surface area contributed by atoms with E-state index in [1.165, 1.54) is 207 Å². The zero-order chi connectivity index (χ0) is 97.5. The summed E-state index contributed by atoms with van der Waals surface area (Å²) in [7, 11) is 0. The summed E-state index contributed by atoms with van der Waals surface area (Å²) in [5.74, 6) is 2.09. The number of nitrogens with zero attached hydrogens (tertiary/aromatic N) is 9. The molecule has 696 valence electrons. The first kappa shape index (κ1) is 83.7. The Balaban J connectivity index is 0.0000000957. The summed E-state index contributed by atoms with van der Waals surface area (Å²) in [4.78, 5) is 36.2. The maximum absolute atomic E-state index is 6.23. The van der Waals surface area contributed by atoms with Gasteiger partial charge in [-0.15, -0.1) is 90.7 Å². The van der Waals surface area contributed by atoms with Gasteiger partial charge in [0.25, 0.3) is 0 Å². The van der Waals surface area contributed by atoms with Crippen LogP contribution in [-0.4, -0.2) is 43.6 Å². The molecule has 0 aliphatic rings. The molecule has 36 rings (SSSR count). The second kappa shape index (κ2) is 32.1. The lowest BCUT2D eigenvalue weighted by atomic mass is 9.99. The fourth-order valence-corrected chi connectivity index (χ4v) is 33.7. The van der Waals surface area contributed by atoms with Gasteiger partial charge in [-0.3, -0.25) is 13.7 Å². The zero-order valence-electron chi connectivity index (χ0n) is 79.0. The molecule has 0 fully saturated rings. The van der Waals surface area contributed by atoms with Gasteiger partial charge in [0.05, 0.1) is 64.3 Å². The van der Waals surface area contributed by atoms with Gasteiger partial charge in [0, 0.05) is 193 Å². The molecule has 0 N–H and O–H groups in total. The average Bonchev–Trinajstić information content (AvgIpc) is 1.54. The monoisotopic (exact) mass is 2050 g/mol. The lowest BCUT2D eigenvalue weighted by Gasteiger charge is -2.12. The number of fused-ring (bicyclic) bond motifs is 48. The van der Waals surface area contributed by atoms with E-state index in [1.54, 1.807) is 34.0 Å². The molecule has 15 aromatic heterocycles. The average molecular weight is 2050 g/mol. The molecule has 150 heavy (non-hydrogen) atoms. The quantitative estimate of drug-likeness (QED) is 0.163. The molecule has 0 aliphatic carbocycles. The van der Waals surface area contributed by atoms with Gasteiger partial charge in [-0.1, -0.05) is 315 Å². The third-order valence-corrected chi connectivity index (χ3v) is 39.8. The van der Waals surface area contributed by atoms with Crippen LogP contribution in [0, 0.1) is 0 Å². The van der Waals surface area contributed by atoms with Crippen molar-refractivity contribution in [2.45, 2.75) is 0 Å². The second-order valence-corrected chi connectivity index (χ2v) is 47.0. The number of hydrogen-bond donors (Lipinski definition) is 0. The standard InChI is InChI=1S/C44H23N3OS2.2C44H23N3S3/c1-2-13-27-26(12-1)37-28-14-3-7-17-32(28)47(41(37)42-38(27)29-15-5-9-19-35(29)49-42)44-45-40(39-30-16-6-10-20-36(30)50-43(39)46-44)24-21-22-34-31(23-24)25-11-4-8-18-33(25)48-34;1-2-14-26-25(13-1)36-28-15-3-7-20-32(28)47(40(36)42-37(26)29-16-5-9-22-34(29)49-42)44-45-39(38-30-17-6-10-23-35(30)50-43(38)46-44)31-19-11-18-27-24-12-4-8-21-33(24)48-41(27)31;1-2-13-27-26(12-1)37-28-14-3-7-17-32(28)47(41(37)42-38(27)29-15-5-9-19-34(29)49-42)44-45-40(39-30-16-6-10-20-35(30)50-43(39)46-44)24-21-22-36-31(23-24)25-11-4-8-18-33(25)48-36/h3*1-23H. The Morgan fingerprint density at radius 3 is 0.853 bits per heavy atom. The molecule has 10 nitrogen and oxygen atoms in total. The van der Waals surface area contributed by atoms with Crippen molar-refractivity contribution < 1.29 is 4.42 Å². The Morgan fingerprint density at radius 2 is 0.440 bits per heavy atom. The van der Waals surface area contributed by atoms with Crippen molar-refractivity contribution in [3.63, 3.8) is 0 Å². The van der Waals surface area contributed by atoms with E-state index in [9.17, 15) is 0 Å². The molecule has 18 heteroatoms. The SMILES string of the molecule is c1ccc2c(c1)oc1ccc(-c3nc(-n4c5ccccc5c5c6ccccc6c6c7ccccc7sc6c54)nc4sc5ccccc5c34)cc12.c1ccc2c(c1)sc1c(-c3nc(-n4c5ccccc5c5c6ccccc6c6c7ccccc7sc6c54)nc4sc5ccccc5c34)cccc12.c1ccc2c(c1)sc1ccc(-c3nc(-n4c5ccccc5c5c6ccccc6c6c7ccccc7sc6c54)nc4sc5ccccc5c34)cc12. The van der Waals surface area contributed by atoms with E-state index in [4.69, 9.17) is 34.3 Å². The lowest BCUT2D eigenvalue weighted by molar-refractivity contribution is 0.669. The predicted octanol–water partition coefficient (Wildman–Crippen LogP) is 40.0. The molecule has 0 saturated heterocycles. The molecule has 0 bridgehead atoms. The number of furan rings is 1. The Hall–Kier alpha value is -17.4. The highest BCUT2D eigenvalue weighted by Crippen LogP contribution is 2.56. The third kappa shape index (κ3) is 12.0. The summed E-state index contributed by atoms with van der Waals surface area (Å²) in [5.41, 5.74) is 14.8. The van der Waals surface area contributed by atoms with Crippen LogP contribution in [0.25, 0.3) is 333 Å². The highest BCUT2D eigenvalue weighted by Gasteiger charge is 2.32. The fourth-order valence-electron chi connectivity index (χ4n) is 24.4. The third-order valence-electron chi connectivity index (χ3n) is 30.7. The maximum Gasteiger partial charge on any atom is 0.236 e. The van der Waals surface area contributed by atoms with Crippen molar-refractivity contribution in [1.82, 2.24) is 43.6 Å². The number of aromatic nitrogens is 9. The van der Waals surface area contributed by atoms with Crippen LogP contribution < -0.4 is 0 Å².